The minimum atomic E-state index is 0.314. The Labute approximate surface area is 112 Å². The molecule has 94 valence electrons. The van der Waals surface area contributed by atoms with Gasteiger partial charge in [-0.1, -0.05) is 29.9 Å². The number of halogens is 1. The van der Waals surface area contributed by atoms with E-state index in [-0.39, 0.29) is 0 Å². The average molecular weight is 273 g/mol. The molecule has 1 rings (SSSR count). The molecule has 0 atom stereocenters. The van der Waals surface area contributed by atoms with Crippen LogP contribution in [-0.4, -0.2) is 31.8 Å². The molecule has 0 amide bonds. The SMILES string of the molecule is CCOCCN(C)c1cccc(Cl)c1C(N)=S. The Morgan fingerprint density at radius 3 is 2.82 bits per heavy atom. The zero-order chi connectivity index (χ0) is 12.8. The van der Waals surface area contributed by atoms with Gasteiger partial charge in [0.05, 0.1) is 17.2 Å². The van der Waals surface area contributed by atoms with Gasteiger partial charge in [-0.15, -0.1) is 0 Å². The number of likely N-dealkylation sites (N-methyl/N-ethyl adjacent to an activating group) is 1. The predicted octanol–water partition coefficient (Wildman–Crippen LogP) is 2.45. The summed E-state index contributed by atoms with van der Waals surface area (Å²) >= 11 is 11.1. The number of ether oxygens (including phenoxy) is 1. The second-order valence-corrected chi connectivity index (χ2v) is 4.46. The molecule has 1 aromatic carbocycles. The fourth-order valence-electron chi connectivity index (χ4n) is 1.54. The molecule has 3 nitrogen and oxygen atoms in total. The Balaban J connectivity index is 2.89. The van der Waals surface area contributed by atoms with Crippen molar-refractivity contribution in [2.24, 2.45) is 5.73 Å². The van der Waals surface area contributed by atoms with E-state index in [4.69, 9.17) is 34.3 Å². The Hall–Kier alpha value is -0.840. The van der Waals surface area contributed by atoms with Crippen LogP contribution in [0.2, 0.25) is 5.02 Å². The van der Waals surface area contributed by atoms with Crippen molar-refractivity contribution in [3.05, 3.63) is 28.8 Å². The van der Waals surface area contributed by atoms with Crippen LogP contribution in [0.1, 0.15) is 12.5 Å². The van der Waals surface area contributed by atoms with E-state index < -0.39 is 0 Å². The highest BCUT2D eigenvalue weighted by Gasteiger charge is 2.12. The van der Waals surface area contributed by atoms with Crippen molar-refractivity contribution in [3.63, 3.8) is 0 Å². The van der Waals surface area contributed by atoms with Crippen molar-refractivity contribution in [2.75, 3.05) is 31.7 Å². The van der Waals surface area contributed by atoms with E-state index in [0.717, 1.165) is 17.8 Å². The molecule has 0 heterocycles. The topological polar surface area (TPSA) is 38.5 Å². The first-order chi connectivity index (χ1) is 8.07. The first kappa shape index (κ1) is 14.2. The van der Waals surface area contributed by atoms with Gasteiger partial charge in [0.25, 0.3) is 0 Å². The summed E-state index contributed by atoms with van der Waals surface area (Å²) in [5.74, 6) is 0. The number of benzene rings is 1. The summed E-state index contributed by atoms with van der Waals surface area (Å²) in [7, 11) is 1.96. The second kappa shape index (κ2) is 6.79. The number of rotatable bonds is 6. The number of anilines is 1. The zero-order valence-corrected chi connectivity index (χ0v) is 11.6. The van der Waals surface area contributed by atoms with Crippen molar-refractivity contribution in [1.82, 2.24) is 0 Å². The summed E-state index contributed by atoms with van der Waals surface area (Å²) in [5.41, 5.74) is 7.36. The van der Waals surface area contributed by atoms with Gasteiger partial charge in [-0.05, 0) is 19.1 Å². The summed E-state index contributed by atoms with van der Waals surface area (Å²) in [5, 5.41) is 0.582. The third kappa shape index (κ3) is 3.84. The number of hydrogen-bond acceptors (Lipinski definition) is 3. The smallest absolute Gasteiger partial charge is 0.107 e. The number of hydrogen-bond donors (Lipinski definition) is 1. The lowest BCUT2D eigenvalue weighted by Gasteiger charge is -2.22. The van der Waals surface area contributed by atoms with E-state index in [1.807, 2.05) is 31.0 Å². The summed E-state index contributed by atoms with van der Waals surface area (Å²) in [4.78, 5) is 2.35. The van der Waals surface area contributed by atoms with Gasteiger partial charge in [0, 0.05) is 25.9 Å². The van der Waals surface area contributed by atoms with E-state index in [1.165, 1.54) is 0 Å². The number of nitrogens with zero attached hydrogens (tertiary/aromatic N) is 1. The van der Waals surface area contributed by atoms with Crippen LogP contribution >= 0.6 is 23.8 Å². The lowest BCUT2D eigenvalue weighted by atomic mass is 10.1. The summed E-state index contributed by atoms with van der Waals surface area (Å²) < 4.78 is 5.32. The molecule has 0 aromatic heterocycles. The van der Waals surface area contributed by atoms with E-state index >= 15 is 0 Å². The largest absolute Gasteiger partial charge is 0.389 e. The summed E-state index contributed by atoms with van der Waals surface area (Å²) in [6.07, 6.45) is 0. The van der Waals surface area contributed by atoms with E-state index in [1.54, 1.807) is 6.07 Å². The molecule has 0 fully saturated rings. The molecule has 0 bridgehead atoms. The van der Waals surface area contributed by atoms with Gasteiger partial charge < -0.3 is 15.4 Å². The monoisotopic (exact) mass is 272 g/mol. The van der Waals surface area contributed by atoms with Gasteiger partial charge in [0.1, 0.15) is 4.99 Å². The van der Waals surface area contributed by atoms with Gasteiger partial charge in [-0.25, -0.2) is 0 Å². The molecule has 0 unspecified atom stereocenters. The van der Waals surface area contributed by atoms with Crippen molar-refractivity contribution in [3.8, 4) is 0 Å². The van der Waals surface area contributed by atoms with Crippen LogP contribution in [0.25, 0.3) is 0 Å². The Morgan fingerprint density at radius 1 is 1.53 bits per heavy atom. The van der Waals surface area contributed by atoms with Crippen molar-refractivity contribution < 1.29 is 4.74 Å². The van der Waals surface area contributed by atoms with Crippen LogP contribution in [0, 0.1) is 0 Å². The molecule has 5 heteroatoms. The van der Waals surface area contributed by atoms with Crippen LogP contribution in [0.15, 0.2) is 18.2 Å². The fraction of sp³-hybridized carbons (Fsp3) is 0.417. The van der Waals surface area contributed by atoms with Crippen LogP contribution in [0.3, 0.4) is 0 Å². The minimum absolute atomic E-state index is 0.314. The van der Waals surface area contributed by atoms with Crippen LogP contribution < -0.4 is 10.6 Å². The first-order valence-electron chi connectivity index (χ1n) is 5.45. The highest BCUT2D eigenvalue weighted by Crippen LogP contribution is 2.26. The average Bonchev–Trinajstić information content (AvgIpc) is 2.28. The Morgan fingerprint density at radius 2 is 2.24 bits per heavy atom. The van der Waals surface area contributed by atoms with Gasteiger partial charge in [-0.3, -0.25) is 0 Å². The van der Waals surface area contributed by atoms with Gasteiger partial charge in [0.2, 0.25) is 0 Å². The van der Waals surface area contributed by atoms with Crippen LogP contribution in [0.4, 0.5) is 5.69 Å². The molecule has 17 heavy (non-hydrogen) atoms. The molecule has 0 aliphatic heterocycles. The Bertz CT molecular complexity index is 398. The van der Waals surface area contributed by atoms with Gasteiger partial charge >= 0.3 is 0 Å². The maximum atomic E-state index is 6.10. The van der Waals surface area contributed by atoms with E-state index in [0.29, 0.717) is 23.2 Å². The standard InChI is InChI=1S/C12H17ClN2OS/c1-3-16-8-7-15(2)10-6-4-5-9(13)11(10)12(14)17/h4-6H,3,7-8H2,1-2H3,(H2,14,17). The molecular weight excluding hydrogens is 256 g/mol. The maximum absolute atomic E-state index is 6.10. The molecule has 2 N–H and O–H groups in total. The number of nitrogens with two attached hydrogens (primary N) is 1. The minimum Gasteiger partial charge on any atom is -0.389 e. The van der Waals surface area contributed by atoms with Crippen LogP contribution in [-0.2, 0) is 4.74 Å². The molecule has 0 saturated carbocycles. The summed E-state index contributed by atoms with van der Waals surface area (Å²) in [6, 6.07) is 5.62. The molecule has 0 radical (unpaired) electrons. The van der Waals surface area contributed by atoms with Crippen molar-refractivity contribution in [2.45, 2.75) is 6.92 Å². The first-order valence-corrected chi connectivity index (χ1v) is 6.23. The van der Waals surface area contributed by atoms with Gasteiger partial charge in [0.15, 0.2) is 0 Å². The lowest BCUT2D eigenvalue weighted by Crippen LogP contribution is -2.25. The maximum Gasteiger partial charge on any atom is 0.107 e. The van der Waals surface area contributed by atoms with Crippen molar-refractivity contribution >= 4 is 34.5 Å². The molecule has 1 aromatic rings. The zero-order valence-electron chi connectivity index (χ0n) is 10.1. The van der Waals surface area contributed by atoms with E-state index in [9.17, 15) is 0 Å². The second-order valence-electron chi connectivity index (χ2n) is 3.62. The lowest BCUT2D eigenvalue weighted by molar-refractivity contribution is 0.154. The fourth-order valence-corrected chi connectivity index (χ4v) is 2.08. The summed E-state index contributed by atoms with van der Waals surface area (Å²) in [6.45, 7) is 4.12. The predicted molar refractivity (Wildman–Crippen MR) is 77.1 cm³/mol. The highest BCUT2D eigenvalue weighted by atomic mass is 35.5. The van der Waals surface area contributed by atoms with E-state index in [2.05, 4.69) is 0 Å². The molecule has 0 aliphatic carbocycles. The third-order valence-corrected chi connectivity index (χ3v) is 2.94. The molecule has 0 aliphatic rings. The third-order valence-electron chi connectivity index (χ3n) is 2.42. The molecule has 0 saturated heterocycles. The van der Waals surface area contributed by atoms with Crippen LogP contribution in [0.5, 0.6) is 0 Å². The quantitative estimate of drug-likeness (QED) is 0.638. The highest BCUT2D eigenvalue weighted by molar-refractivity contribution is 7.80. The normalized spacial score (nSPS) is 10.3. The molecular formula is C12H17ClN2OS. The Kier molecular flexibility index (Phi) is 5.68. The van der Waals surface area contributed by atoms with Crippen molar-refractivity contribution in [1.29, 1.82) is 0 Å². The molecule has 0 spiro atoms. The number of thiocarbonyl (C=S) groups is 1. The van der Waals surface area contributed by atoms with Gasteiger partial charge in [-0.2, -0.15) is 0 Å².